The van der Waals surface area contributed by atoms with Gasteiger partial charge in [-0.15, -0.1) is 11.8 Å². The van der Waals surface area contributed by atoms with Crippen LogP contribution in [0.5, 0.6) is 0 Å². The molecule has 3 rings (SSSR count). The van der Waals surface area contributed by atoms with E-state index in [0.29, 0.717) is 17.3 Å². The number of amides is 1. The van der Waals surface area contributed by atoms with Crippen LogP contribution in [0.25, 0.3) is 0 Å². The molecule has 1 atom stereocenters. The molecule has 1 heterocycles. The molecule has 0 radical (unpaired) electrons. The molecule has 1 N–H and O–H groups in total. The Balaban J connectivity index is 1.64. The minimum absolute atomic E-state index is 0.00412. The molecule has 1 amide bonds. The van der Waals surface area contributed by atoms with Crippen molar-refractivity contribution in [3.63, 3.8) is 0 Å². The minimum atomic E-state index is -0.00412. The van der Waals surface area contributed by atoms with Gasteiger partial charge in [0.25, 0.3) is 0 Å². The molecule has 0 unspecified atom stereocenters. The third-order valence-electron chi connectivity index (χ3n) is 3.85. The van der Waals surface area contributed by atoms with Crippen molar-refractivity contribution in [1.82, 2.24) is 10.3 Å². The van der Waals surface area contributed by atoms with Crippen LogP contribution >= 0.6 is 23.4 Å². The summed E-state index contributed by atoms with van der Waals surface area (Å²) in [5.74, 6) is 0.366. The van der Waals surface area contributed by atoms with Crippen molar-refractivity contribution < 1.29 is 4.79 Å². The lowest BCUT2D eigenvalue weighted by atomic mass is 10.0. The predicted molar refractivity (Wildman–Crippen MR) is 108 cm³/mol. The summed E-state index contributed by atoms with van der Waals surface area (Å²) in [5.41, 5.74) is 3.14. The number of pyridine rings is 1. The first-order chi connectivity index (χ1) is 12.7. The molecule has 132 valence electrons. The number of carbonyl (C=O) groups is 1. The van der Waals surface area contributed by atoms with Crippen molar-refractivity contribution in [2.75, 3.05) is 5.75 Å². The third kappa shape index (κ3) is 5.35. The standard InChI is InChI=1S/C21H19ClN2OS/c22-18-11-9-17(10-12-18)21(16-6-2-1-3-7-16)26-15-20(25)24-14-19-8-4-5-13-23-19/h1-13,21H,14-15H2,(H,24,25)/t21-/m1/s1. The summed E-state index contributed by atoms with van der Waals surface area (Å²) in [6.07, 6.45) is 1.72. The van der Waals surface area contributed by atoms with Gasteiger partial charge in [0.2, 0.25) is 5.91 Å². The van der Waals surface area contributed by atoms with Crippen LogP contribution in [0.4, 0.5) is 0 Å². The average Bonchev–Trinajstić information content (AvgIpc) is 2.69. The average molecular weight is 383 g/mol. The summed E-state index contributed by atoms with van der Waals surface area (Å²) in [6, 6.07) is 23.6. The van der Waals surface area contributed by atoms with E-state index in [1.54, 1.807) is 18.0 Å². The maximum absolute atomic E-state index is 12.3. The molecule has 0 fully saturated rings. The topological polar surface area (TPSA) is 42.0 Å². The number of benzene rings is 2. The maximum atomic E-state index is 12.3. The fraction of sp³-hybridized carbons (Fsp3) is 0.143. The van der Waals surface area contributed by atoms with Gasteiger partial charge in [0.15, 0.2) is 0 Å². The first-order valence-corrected chi connectivity index (χ1v) is 9.73. The molecule has 1 aromatic heterocycles. The fourth-order valence-corrected chi connectivity index (χ4v) is 3.80. The third-order valence-corrected chi connectivity index (χ3v) is 5.41. The second kappa shape index (κ2) is 9.41. The Labute approximate surface area is 162 Å². The number of nitrogens with zero attached hydrogens (tertiary/aromatic N) is 1. The Morgan fingerprint density at radius 1 is 0.962 bits per heavy atom. The van der Waals surface area contributed by atoms with E-state index in [9.17, 15) is 4.79 Å². The molecule has 3 aromatic rings. The molecule has 0 saturated carbocycles. The van der Waals surface area contributed by atoms with Crippen LogP contribution in [0.3, 0.4) is 0 Å². The monoisotopic (exact) mass is 382 g/mol. The van der Waals surface area contributed by atoms with Crippen LogP contribution in [0.1, 0.15) is 22.1 Å². The van der Waals surface area contributed by atoms with Crippen molar-refractivity contribution in [2.24, 2.45) is 0 Å². The Morgan fingerprint density at radius 3 is 2.35 bits per heavy atom. The normalized spacial score (nSPS) is 11.7. The minimum Gasteiger partial charge on any atom is -0.350 e. The van der Waals surface area contributed by atoms with Gasteiger partial charge in [-0.05, 0) is 35.4 Å². The highest BCUT2D eigenvalue weighted by Crippen LogP contribution is 2.35. The van der Waals surface area contributed by atoms with Crippen molar-refractivity contribution in [3.8, 4) is 0 Å². The molecule has 0 saturated heterocycles. The molecule has 0 aliphatic rings. The number of carbonyl (C=O) groups excluding carboxylic acids is 1. The Kier molecular flexibility index (Phi) is 6.69. The maximum Gasteiger partial charge on any atom is 0.230 e. The molecule has 0 aliphatic heterocycles. The first kappa shape index (κ1) is 18.5. The zero-order chi connectivity index (χ0) is 18.2. The van der Waals surface area contributed by atoms with Gasteiger partial charge in [0.1, 0.15) is 0 Å². The van der Waals surface area contributed by atoms with Gasteiger partial charge in [-0.25, -0.2) is 0 Å². The van der Waals surface area contributed by atoms with Crippen LogP contribution in [-0.4, -0.2) is 16.6 Å². The van der Waals surface area contributed by atoms with E-state index in [4.69, 9.17) is 11.6 Å². The van der Waals surface area contributed by atoms with Crippen molar-refractivity contribution >= 4 is 29.3 Å². The zero-order valence-corrected chi connectivity index (χ0v) is 15.7. The van der Waals surface area contributed by atoms with E-state index in [0.717, 1.165) is 16.8 Å². The van der Waals surface area contributed by atoms with Crippen LogP contribution < -0.4 is 5.32 Å². The van der Waals surface area contributed by atoms with Crippen LogP contribution in [-0.2, 0) is 11.3 Å². The number of rotatable bonds is 7. The Hall–Kier alpha value is -2.30. The zero-order valence-electron chi connectivity index (χ0n) is 14.1. The molecule has 5 heteroatoms. The highest BCUT2D eigenvalue weighted by Gasteiger charge is 2.16. The second-order valence-electron chi connectivity index (χ2n) is 5.75. The van der Waals surface area contributed by atoms with Crippen LogP contribution in [0.2, 0.25) is 5.02 Å². The van der Waals surface area contributed by atoms with E-state index in [1.807, 2.05) is 60.7 Å². The quantitative estimate of drug-likeness (QED) is 0.633. The predicted octanol–water partition coefficient (Wildman–Crippen LogP) is 4.87. The number of hydrogen-bond donors (Lipinski definition) is 1. The SMILES string of the molecule is O=C(CS[C@H](c1ccccc1)c1ccc(Cl)cc1)NCc1ccccn1. The number of nitrogens with one attached hydrogen (secondary N) is 1. The Morgan fingerprint density at radius 2 is 1.65 bits per heavy atom. The number of halogens is 1. The van der Waals surface area contributed by atoms with Gasteiger partial charge in [-0.2, -0.15) is 0 Å². The summed E-state index contributed by atoms with van der Waals surface area (Å²) < 4.78 is 0. The number of thioether (sulfide) groups is 1. The van der Waals surface area contributed by atoms with Gasteiger partial charge in [-0.1, -0.05) is 60.1 Å². The summed E-state index contributed by atoms with van der Waals surface area (Å²) >= 11 is 7.61. The molecular formula is C21H19ClN2OS. The van der Waals surface area contributed by atoms with Crippen molar-refractivity contribution in [3.05, 3.63) is 101 Å². The van der Waals surface area contributed by atoms with E-state index < -0.39 is 0 Å². The van der Waals surface area contributed by atoms with E-state index in [-0.39, 0.29) is 11.2 Å². The molecule has 3 nitrogen and oxygen atoms in total. The Bertz CT molecular complexity index is 826. The largest absolute Gasteiger partial charge is 0.350 e. The lowest BCUT2D eigenvalue weighted by Crippen LogP contribution is -2.25. The molecule has 26 heavy (non-hydrogen) atoms. The van der Waals surface area contributed by atoms with Crippen molar-refractivity contribution in [1.29, 1.82) is 0 Å². The van der Waals surface area contributed by atoms with Gasteiger partial charge >= 0.3 is 0 Å². The smallest absolute Gasteiger partial charge is 0.230 e. The number of hydrogen-bond acceptors (Lipinski definition) is 3. The highest BCUT2D eigenvalue weighted by molar-refractivity contribution is 8.00. The highest BCUT2D eigenvalue weighted by atomic mass is 35.5. The van der Waals surface area contributed by atoms with Gasteiger partial charge in [0.05, 0.1) is 23.2 Å². The van der Waals surface area contributed by atoms with Crippen LogP contribution in [0, 0.1) is 0 Å². The van der Waals surface area contributed by atoms with E-state index >= 15 is 0 Å². The molecule has 0 aliphatic carbocycles. The summed E-state index contributed by atoms with van der Waals surface area (Å²) in [7, 11) is 0. The first-order valence-electron chi connectivity index (χ1n) is 8.31. The fourth-order valence-electron chi connectivity index (χ4n) is 2.55. The summed E-state index contributed by atoms with van der Waals surface area (Å²) in [5, 5.41) is 3.71. The number of aromatic nitrogens is 1. The summed E-state index contributed by atoms with van der Waals surface area (Å²) in [4.78, 5) is 16.5. The molecular weight excluding hydrogens is 364 g/mol. The lowest BCUT2D eigenvalue weighted by Gasteiger charge is -2.17. The summed E-state index contributed by atoms with van der Waals surface area (Å²) in [6.45, 7) is 0.442. The van der Waals surface area contributed by atoms with Gasteiger partial charge in [0, 0.05) is 11.2 Å². The van der Waals surface area contributed by atoms with Gasteiger partial charge < -0.3 is 5.32 Å². The second-order valence-corrected chi connectivity index (χ2v) is 7.28. The molecule has 0 bridgehead atoms. The van der Waals surface area contributed by atoms with E-state index in [1.165, 1.54) is 0 Å². The van der Waals surface area contributed by atoms with Crippen molar-refractivity contribution in [2.45, 2.75) is 11.8 Å². The molecule has 0 spiro atoms. The van der Waals surface area contributed by atoms with E-state index in [2.05, 4.69) is 22.4 Å². The van der Waals surface area contributed by atoms with Gasteiger partial charge in [-0.3, -0.25) is 9.78 Å². The molecule has 2 aromatic carbocycles. The van der Waals surface area contributed by atoms with Crippen LogP contribution in [0.15, 0.2) is 79.0 Å². The lowest BCUT2D eigenvalue weighted by molar-refractivity contribution is -0.118.